The molecular formula is C23H26N4. The van der Waals surface area contributed by atoms with Gasteiger partial charge < -0.3 is 5.32 Å². The zero-order valence-electron chi connectivity index (χ0n) is 16.3. The molecule has 138 valence electrons. The summed E-state index contributed by atoms with van der Waals surface area (Å²) in [6.07, 6.45) is 15.4. The molecule has 0 atom stereocenters. The summed E-state index contributed by atoms with van der Waals surface area (Å²) in [5.41, 5.74) is 3.65. The van der Waals surface area contributed by atoms with Crippen LogP contribution in [0.2, 0.25) is 0 Å². The number of allylic oxidation sites excluding steroid dienone is 3. The van der Waals surface area contributed by atoms with Crippen molar-refractivity contribution in [3.8, 4) is 0 Å². The minimum atomic E-state index is -0.371. The van der Waals surface area contributed by atoms with E-state index in [1.807, 2.05) is 30.6 Å². The molecule has 2 aliphatic rings. The van der Waals surface area contributed by atoms with E-state index in [-0.39, 0.29) is 11.0 Å². The Labute approximate surface area is 161 Å². The van der Waals surface area contributed by atoms with Crippen molar-refractivity contribution in [2.24, 2.45) is 20.4 Å². The molecule has 0 saturated carbocycles. The lowest BCUT2D eigenvalue weighted by Gasteiger charge is -2.23. The molecule has 0 aliphatic carbocycles. The molecule has 0 aromatic heterocycles. The van der Waals surface area contributed by atoms with Crippen LogP contribution in [-0.2, 0) is 0 Å². The maximum absolute atomic E-state index is 4.67. The smallest absolute Gasteiger partial charge is 0.0822 e. The van der Waals surface area contributed by atoms with Gasteiger partial charge in [0.25, 0.3) is 0 Å². The van der Waals surface area contributed by atoms with Crippen LogP contribution in [0.3, 0.4) is 0 Å². The zero-order valence-corrected chi connectivity index (χ0v) is 16.3. The molecule has 1 aromatic carbocycles. The molecule has 0 spiro atoms. The van der Waals surface area contributed by atoms with Crippen molar-refractivity contribution in [3.63, 3.8) is 0 Å². The lowest BCUT2D eigenvalue weighted by atomic mass is 9.88. The van der Waals surface area contributed by atoms with Crippen LogP contribution < -0.4 is 5.32 Å². The molecule has 0 radical (unpaired) electrons. The van der Waals surface area contributed by atoms with Crippen LogP contribution in [0.25, 0.3) is 5.70 Å². The molecule has 27 heavy (non-hydrogen) atoms. The Morgan fingerprint density at radius 3 is 2.56 bits per heavy atom. The fourth-order valence-corrected chi connectivity index (χ4v) is 3.02. The molecule has 0 amide bonds. The van der Waals surface area contributed by atoms with E-state index in [4.69, 9.17) is 0 Å². The van der Waals surface area contributed by atoms with E-state index in [1.54, 1.807) is 18.6 Å². The van der Waals surface area contributed by atoms with Crippen LogP contribution in [-0.4, -0.2) is 24.2 Å². The van der Waals surface area contributed by atoms with Gasteiger partial charge in [-0.3, -0.25) is 15.0 Å². The Morgan fingerprint density at radius 2 is 1.78 bits per heavy atom. The lowest BCUT2D eigenvalue weighted by Crippen LogP contribution is -2.23. The van der Waals surface area contributed by atoms with E-state index < -0.39 is 0 Å². The molecule has 4 nitrogen and oxygen atoms in total. The second kappa shape index (κ2) is 7.70. The molecule has 2 aliphatic heterocycles. The quantitative estimate of drug-likeness (QED) is 0.817. The maximum Gasteiger partial charge on any atom is 0.0822 e. The summed E-state index contributed by atoms with van der Waals surface area (Å²) in [4.78, 5) is 13.6. The first-order valence-electron chi connectivity index (χ1n) is 9.13. The Kier molecular flexibility index (Phi) is 5.36. The Hall–Kier alpha value is -3.01. The van der Waals surface area contributed by atoms with E-state index in [1.165, 1.54) is 0 Å². The van der Waals surface area contributed by atoms with E-state index in [0.717, 1.165) is 22.5 Å². The molecule has 0 unspecified atom stereocenters. The SMILES string of the molecule is CC1(C)C=NC=CNC1=CC=CC1=C(c2ccccc2)N=CC=NC1(C)C. The predicted octanol–water partition coefficient (Wildman–Crippen LogP) is 4.94. The Bertz CT molecular complexity index is 892. The van der Waals surface area contributed by atoms with Gasteiger partial charge >= 0.3 is 0 Å². The Balaban J connectivity index is 2.03. The average molecular weight is 358 g/mol. The first kappa shape index (κ1) is 18.8. The number of hydrogen-bond acceptors (Lipinski definition) is 4. The van der Waals surface area contributed by atoms with Crippen LogP contribution in [0.1, 0.15) is 33.3 Å². The highest BCUT2D eigenvalue weighted by molar-refractivity contribution is 6.18. The van der Waals surface area contributed by atoms with Crippen LogP contribution in [0.15, 0.2) is 87.2 Å². The summed E-state index contributed by atoms with van der Waals surface area (Å²) in [5, 5.41) is 3.31. The van der Waals surface area contributed by atoms with Gasteiger partial charge in [0.05, 0.1) is 11.2 Å². The van der Waals surface area contributed by atoms with Gasteiger partial charge in [-0.15, -0.1) is 0 Å². The van der Waals surface area contributed by atoms with Crippen LogP contribution >= 0.6 is 0 Å². The fraction of sp³-hybridized carbons (Fsp3) is 0.261. The highest BCUT2D eigenvalue weighted by atomic mass is 14.9. The minimum Gasteiger partial charge on any atom is -0.363 e. The van der Waals surface area contributed by atoms with Crippen LogP contribution in [0, 0.1) is 5.41 Å². The molecule has 2 heterocycles. The highest BCUT2D eigenvalue weighted by Gasteiger charge is 2.25. The van der Waals surface area contributed by atoms with Gasteiger partial charge in [-0.2, -0.15) is 0 Å². The molecule has 4 heteroatoms. The molecule has 1 N–H and O–H groups in total. The number of nitrogens with one attached hydrogen (secondary N) is 1. The standard InChI is InChI=1S/C23H26N4/c1-22(2)17-24-13-14-25-20(22)12-8-11-19-21(18-9-6-5-7-10-18)26-15-16-27-23(19,3)4/h5-17,25H,1-4H3. The van der Waals surface area contributed by atoms with Gasteiger partial charge in [-0.05, 0) is 33.8 Å². The summed E-state index contributed by atoms with van der Waals surface area (Å²) in [6.45, 7) is 8.48. The third kappa shape index (κ3) is 4.40. The monoisotopic (exact) mass is 358 g/mol. The van der Waals surface area contributed by atoms with Crippen LogP contribution in [0.4, 0.5) is 0 Å². The lowest BCUT2D eigenvalue weighted by molar-refractivity contribution is 0.608. The molecule has 0 bridgehead atoms. The van der Waals surface area contributed by atoms with Crippen molar-refractivity contribution in [2.75, 3.05) is 0 Å². The normalized spacial score (nSPS) is 22.1. The summed E-state index contributed by atoms with van der Waals surface area (Å²) in [5.74, 6) is 0. The summed E-state index contributed by atoms with van der Waals surface area (Å²) < 4.78 is 0. The van der Waals surface area contributed by atoms with Crippen molar-refractivity contribution in [1.82, 2.24) is 5.32 Å². The van der Waals surface area contributed by atoms with Crippen molar-refractivity contribution < 1.29 is 0 Å². The van der Waals surface area contributed by atoms with Crippen molar-refractivity contribution in [3.05, 3.63) is 77.8 Å². The minimum absolute atomic E-state index is 0.167. The second-order valence-electron chi connectivity index (χ2n) is 7.64. The molecule has 3 rings (SSSR count). The molecule has 0 saturated heterocycles. The maximum atomic E-state index is 4.67. The summed E-state index contributed by atoms with van der Waals surface area (Å²) in [7, 11) is 0. The van der Waals surface area contributed by atoms with Gasteiger partial charge in [0.15, 0.2) is 0 Å². The molecule has 1 aromatic rings. The third-order valence-electron chi connectivity index (χ3n) is 4.65. The van der Waals surface area contributed by atoms with E-state index >= 15 is 0 Å². The number of hydrogen-bond donors (Lipinski definition) is 1. The topological polar surface area (TPSA) is 49.1 Å². The summed E-state index contributed by atoms with van der Waals surface area (Å²) >= 11 is 0. The van der Waals surface area contributed by atoms with Crippen molar-refractivity contribution in [2.45, 2.75) is 33.2 Å². The van der Waals surface area contributed by atoms with Gasteiger partial charge in [0, 0.05) is 53.3 Å². The van der Waals surface area contributed by atoms with E-state index in [9.17, 15) is 0 Å². The molecular weight excluding hydrogens is 332 g/mol. The van der Waals surface area contributed by atoms with Gasteiger partial charge in [0.2, 0.25) is 0 Å². The molecule has 0 fully saturated rings. The highest BCUT2D eigenvalue weighted by Crippen LogP contribution is 2.32. The van der Waals surface area contributed by atoms with E-state index in [0.29, 0.717) is 0 Å². The number of benzene rings is 1. The summed E-state index contributed by atoms with van der Waals surface area (Å²) in [6, 6.07) is 10.2. The van der Waals surface area contributed by atoms with Gasteiger partial charge in [0.1, 0.15) is 0 Å². The fourth-order valence-electron chi connectivity index (χ4n) is 3.02. The van der Waals surface area contributed by atoms with Crippen molar-refractivity contribution >= 4 is 24.3 Å². The van der Waals surface area contributed by atoms with E-state index in [2.05, 4.69) is 78.3 Å². The Morgan fingerprint density at radius 1 is 1.00 bits per heavy atom. The van der Waals surface area contributed by atoms with Gasteiger partial charge in [-0.25, -0.2) is 0 Å². The first-order chi connectivity index (χ1) is 12.9. The second-order valence-corrected chi connectivity index (χ2v) is 7.64. The number of rotatable bonds is 3. The number of aliphatic imine (C=N–C) groups is 3. The largest absolute Gasteiger partial charge is 0.363 e. The van der Waals surface area contributed by atoms with Gasteiger partial charge in [-0.1, -0.05) is 42.5 Å². The number of nitrogens with zero attached hydrogens (tertiary/aromatic N) is 3. The predicted molar refractivity (Wildman–Crippen MR) is 116 cm³/mol. The van der Waals surface area contributed by atoms with Crippen LogP contribution in [0.5, 0.6) is 0 Å². The first-order valence-corrected chi connectivity index (χ1v) is 9.13. The third-order valence-corrected chi connectivity index (χ3v) is 4.65. The average Bonchev–Trinajstić information content (AvgIpc) is 2.89. The zero-order chi connectivity index (χ0) is 19.3. The van der Waals surface area contributed by atoms with Crippen molar-refractivity contribution in [1.29, 1.82) is 0 Å².